The molecule has 3 aromatic rings. The number of anilines is 5. The monoisotopic (exact) mass is 760 g/mol. The van der Waals surface area contributed by atoms with Gasteiger partial charge in [0.05, 0.1) is 33.0 Å². The predicted octanol–water partition coefficient (Wildman–Crippen LogP) is 4.87. The van der Waals surface area contributed by atoms with Crippen molar-refractivity contribution in [1.29, 1.82) is 0 Å². The minimum Gasteiger partial charge on any atom is -0.399 e. The number of allylic oxidation sites excluding steroid dienone is 2. The first kappa shape index (κ1) is 47.5. The number of aromatic nitrogens is 3. The highest BCUT2D eigenvalue weighted by Crippen LogP contribution is 2.18. The Kier molecular flexibility index (Phi) is 27.6. The lowest BCUT2D eigenvalue weighted by molar-refractivity contribution is -0.120. The van der Waals surface area contributed by atoms with E-state index in [9.17, 15) is 9.59 Å². The van der Waals surface area contributed by atoms with Crippen LogP contribution in [0.4, 0.5) is 29.2 Å². The molecule has 2 aromatic carbocycles. The summed E-state index contributed by atoms with van der Waals surface area (Å²) in [5.41, 5.74) is 14.0. The van der Waals surface area contributed by atoms with Crippen molar-refractivity contribution in [3.05, 3.63) is 84.1 Å². The Hall–Kier alpha value is -5.53. The van der Waals surface area contributed by atoms with Gasteiger partial charge in [-0.15, -0.1) is 12.8 Å². The third-order valence-electron chi connectivity index (χ3n) is 7.00. The van der Waals surface area contributed by atoms with Gasteiger partial charge in [0.15, 0.2) is 0 Å². The Labute approximate surface area is 326 Å². The molecule has 0 aliphatic carbocycles. The maximum atomic E-state index is 12.3. The number of hydrogen-bond acceptors (Lipinski definition) is 13. The average molecular weight is 761 g/mol. The Morgan fingerprint density at radius 1 is 0.745 bits per heavy atom. The van der Waals surface area contributed by atoms with Gasteiger partial charge in [0.1, 0.15) is 0 Å². The summed E-state index contributed by atoms with van der Waals surface area (Å²) < 4.78 is 16.8. The van der Waals surface area contributed by atoms with E-state index in [4.69, 9.17) is 25.7 Å². The molecule has 300 valence electrons. The molecule has 0 saturated heterocycles. The molecule has 0 aliphatic heterocycles. The van der Waals surface area contributed by atoms with E-state index < -0.39 is 0 Å². The van der Waals surface area contributed by atoms with Crippen molar-refractivity contribution in [1.82, 2.24) is 25.6 Å². The van der Waals surface area contributed by atoms with E-state index in [1.807, 2.05) is 57.2 Å². The molecular formula is C40H60N10O5. The van der Waals surface area contributed by atoms with Crippen molar-refractivity contribution in [3.63, 3.8) is 0 Å². The van der Waals surface area contributed by atoms with Gasteiger partial charge in [-0.2, -0.15) is 15.0 Å². The van der Waals surface area contributed by atoms with Crippen molar-refractivity contribution in [3.8, 4) is 12.8 Å². The normalized spacial score (nSPS) is 10.7. The second kappa shape index (κ2) is 31.9. The van der Waals surface area contributed by atoms with Gasteiger partial charge in [-0.1, -0.05) is 44.2 Å². The minimum absolute atomic E-state index is 0.101. The number of nitrogen functional groups attached to an aromatic ring is 1. The number of nitrogens with zero attached hydrogens (tertiary/aromatic N) is 3. The fourth-order valence-corrected chi connectivity index (χ4v) is 4.34. The summed E-state index contributed by atoms with van der Waals surface area (Å²) >= 11 is 0. The number of terminal acetylenes is 1. The third kappa shape index (κ3) is 23.0. The number of carbonyl (C=O) groups excluding carboxylic acids is 2. The largest absolute Gasteiger partial charge is 0.399 e. The summed E-state index contributed by atoms with van der Waals surface area (Å²) in [6.07, 6.45) is 16.6. The summed E-state index contributed by atoms with van der Waals surface area (Å²) in [7, 11) is 0. The fraction of sp³-hybridized carbons (Fsp3) is 0.425. The first-order valence-electron chi connectivity index (χ1n) is 18.6. The summed E-state index contributed by atoms with van der Waals surface area (Å²) in [4.78, 5) is 37.9. The average Bonchev–Trinajstić information content (AvgIpc) is 3.21. The third-order valence-corrected chi connectivity index (χ3v) is 7.00. The number of hydrogen-bond donors (Lipinski definition) is 7. The van der Waals surface area contributed by atoms with Crippen molar-refractivity contribution in [2.45, 2.75) is 46.5 Å². The van der Waals surface area contributed by atoms with E-state index in [2.05, 4.69) is 54.4 Å². The van der Waals surface area contributed by atoms with Gasteiger partial charge in [0.2, 0.25) is 23.8 Å². The molecule has 0 fully saturated rings. The first-order chi connectivity index (χ1) is 27.0. The van der Waals surface area contributed by atoms with Crippen LogP contribution in [0.25, 0.3) is 0 Å². The van der Waals surface area contributed by atoms with Crippen LogP contribution in [0, 0.1) is 12.8 Å². The Morgan fingerprint density at radius 2 is 1.36 bits per heavy atom. The van der Waals surface area contributed by atoms with Gasteiger partial charge in [-0.05, 0) is 75.2 Å². The molecule has 0 atom stereocenters. The zero-order valence-electron chi connectivity index (χ0n) is 32.5. The van der Waals surface area contributed by atoms with Crippen LogP contribution >= 0.6 is 0 Å². The number of ether oxygens (including phenoxy) is 3. The van der Waals surface area contributed by atoms with Crippen molar-refractivity contribution in [2.24, 2.45) is 5.73 Å². The molecular weight excluding hydrogens is 701 g/mol. The molecule has 0 aliphatic rings. The van der Waals surface area contributed by atoms with E-state index in [-0.39, 0.29) is 18.2 Å². The van der Waals surface area contributed by atoms with E-state index in [1.54, 1.807) is 36.4 Å². The lowest BCUT2D eigenvalue weighted by Crippen LogP contribution is -2.27. The number of nitrogens with one attached hydrogen (secondary N) is 5. The lowest BCUT2D eigenvalue weighted by Gasteiger charge is -2.12. The van der Waals surface area contributed by atoms with Gasteiger partial charge in [-0.3, -0.25) is 9.59 Å². The van der Waals surface area contributed by atoms with Gasteiger partial charge in [0.25, 0.3) is 5.91 Å². The van der Waals surface area contributed by atoms with Crippen LogP contribution in [0.3, 0.4) is 0 Å². The van der Waals surface area contributed by atoms with Crippen molar-refractivity contribution in [2.75, 3.05) is 87.5 Å². The Morgan fingerprint density at radius 3 is 2.04 bits per heavy atom. The molecule has 3 rings (SSSR count). The molecule has 9 N–H and O–H groups in total. The maximum absolute atomic E-state index is 12.3. The number of unbranched alkanes of at least 4 members (excludes halogenated alkanes) is 2. The van der Waals surface area contributed by atoms with Crippen LogP contribution < -0.4 is 38.1 Å². The quantitative estimate of drug-likeness (QED) is 0.0252. The zero-order valence-corrected chi connectivity index (χ0v) is 32.5. The van der Waals surface area contributed by atoms with Crippen LogP contribution in [0.1, 0.15) is 56.8 Å². The number of nitrogens with two attached hydrogens (primary N) is 2. The summed E-state index contributed by atoms with van der Waals surface area (Å²) in [5.74, 6) is 0.709. The number of rotatable bonds is 26. The van der Waals surface area contributed by atoms with Crippen LogP contribution in [-0.2, 0) is 19.0 Å². The highest BCUT2D eigenvalue weighted by atomic mass is 16.5. The van der Waals surface area contributed by atoms with Crippen LogP contribution in [0.2, 0.25) is 0 Å². The molecule has 1 aromatic heterocycles. The second-order valence-electron chi connectivity index (χ2n) is 11.1. The number of benzene rings is 2. The van der Waals surface area contributed by atoms with Crippen LogP contribution in [0.5, 0.6) is 0 Å². The molecule has 0 saturated carbocycles. The van der Waals surface area contributed by atoms with Gasteiger partial charge < -0.3 is 52.3 Å². The summed E-state index contributed by atoms with van der Waals surface area (Å²) in [5, 5.41) is 15.2. The SMILES string of the molecule is C#C.C/C=C(\C=C/CC(=O)NCCOCCCCCN)Nc1nc(NCCOCCOCCNC(=O)c2ccccc2)nc(Nc2ccc(N)cc2)n1.CC. The Balaban J connectivity index is 0.00000365. The van der Waals surface area contributed by atoms with Crippen LogP contribution in [0.15, 0.2) is 78.5 Å². The molecule has 15 heteroatoms. The van der Waals surface area contributed by atoms with Gasteiger partial charge in [0, 0.05) is 55.3 Å². The zero-order chi connectivity index (χ0) is 40.4. The molecule has 2 amide bonds. The van der Waals surface area contributed by atoms with Crippen LogP contribution in [-0.4, -0.2) is 92.6 Å². The summed E-state index contributed by atoms with van der Waals surface area (Å²) in [6, 6.07) is 16.2. The van der Waals surface area contributed by atoms with Crippen molar-refractivity contribution >= 4 is 41.0 Å². The van der Waals surface area contributed by atoms with E-state index >= 15 is 0 Å². The molecule has 55 heavy (non-hydrogen) atoms. The minimum atomic E-state index is -0.133. The maximum Gasteiger partial charge on any atom is 0.251 e. The van der Waals surface area contributed by atoms with Gasteiger partial charge in [-0.25, -0.2) is 0 Å². The fourth-order valence-electron chi connectivity index (χ4n) is 4.34. The van der Waals surface area contributed by atoms with E-state index in [0.717, 1.165) is 24.9 Å². The molecule has 1 heterocycles. The van der Waals surface area contributed by atoms with E-state index in [0.29, 0.717) is 101 Å². The molecule has 0 bridgehead atoms. The van der Waals surface area contributed by atoms with Gasteiger partial charge >= 0.3 is 0 Å². The topological polar surface area (TPSA) is 213 Å². The molecule has 15 nitrogen and oxygen atoms in total. The second-order valence-corrected chi connectivity index (χ2v) is 11.1. The summed E-state index contributed by atoms with van der Waals surface area (Å²) in [6.45, 7) is 10.5. The van der Waals surface area contributed by atoms with E-state index in [1.165, 1.54) is 0 Å². The smallest absolute Gasteiger partial charge is 0.251 e. The molecule has 0 radical (unpaired) electrons. The molecule has 0 spiro atoms. The highest BCUT2D eigenvalue weighted by molar-refractivity contribution is 5.94. The number of amides is 2. The Bertz CT molecular complexity index is 1540. The first-order valence-corrected chi connectivity index (χ1v) is 18.6. The predicted molar refractivity (Wildman–Crippen MR) is 222 cm³/mol. The lowest BCUT2D eigenvalue weighted by atomic mass is 10.2. The standard InChI is InChI=1S/C36H52N10O5.C2H6.C2H2/c1-2-30(12-9-13-32(47)39-19-23-49-22-8-4-7-18-37)42-35-44-34(45-36(46-35)43-31-16-14-29(38)15-17-31)41-21-25-51-27-26-50-24-20-40-33(48)28-10-5-3-6-11-28;2*1-2/h2-3,5-6,9-12,14-17H,4,7-8,13,18-27,37-38H2,1H3,(H,39,47)(H,40,48)(H3,41,42,43,44,45,46);1-2H3;1-2H/b12-9-,30-2+;;. The molecule has 0 unspecified atom stereocenters. The highest BCUT2D eigenvalue weighted by Gasteiger charge is 2.09. The number of carbonyl (C=O) groups is 2. The van der Waals surface area contributed by atoms with Crippen molar-refractivity contribution < 1.29 is 23.8 Å².